The number of amides is 1. The minimum Gasteiger partial charge on any atom is -0.497 e. The van der Waals surface area contributed by atoms with E-state index in [1.54, 1.807) is 13.2 Å². The molecular formula is C20H25NO4. The number of methoxy groups -OCH3 is 1. The zero-order chi connectivity index (χ0) is 18.1. The van der Waals surface area contributed by atoms with Gasteiger partial charge in [-0.25, -0.2) is 0 Å². The van der Waals surface area contributed by atoms with Crippen LogP contribution in [0, 0.1) is 6.92 Å². The predicted molar refractivity (Wildman–Crippen MR) is 97.4 cm³/mol. The molecule has 0 aliphatic carbocycles. The molecule has 0 aliphatic rings. The van der Waals surface area contributed by atoms with Crippen molar-refractivity contribution in [2.45, 2.75) is 26.4 Å². The predicted octanol–water partition coefficient (Wildman–Crippen LogP) is 3.36. The van der Waals surface area contributed by atoms with Crippen molar-refractivity contribution in [3.05, 3.63) is 54.1 Å². The molecule has 0 saturated carbocycles. The molecule has 1 atom stereocenters. The average Bonchev–Trinajstić information content (AvgIpc) is 2.64. The second-order valence-electron chi connectivity index (χ2n) is 5.65. The van der Waals surface area contributed by atoms with Gasteiger partial charge < -0.3 is 19.5 Å². The summed E-state index contributed by atoms with van der Waals surface area (Å²) >= 11 is 0. The monoisotopic (exact) mass is 343 g/mol. The van der Waals surface area contributed by atoms with Crippen LogP contribution in [-0.4, -0.2) is 32.3 Å². The maximum Gasteiger partial charge on any atom is 0.261 e. The standard InChI is InChI=1S/C20H25NO4/c1-4-19(25-16-10-8-15(2)9-11-16)20(22)21-12-13-24-18-7-5-6-17(14-18)23-3/h5-11,14,19H,4,12-13H2,1-3H3,(H,21,22)/t19-/m1/s1. The first kappa shape index (κ1) is 18.6. The topological polar surface area (TPSA) is 56.8 Å². The number of aryl methyl sites for hydroxylation is 1. The third-order valence-electron chi connectivity index (χ3n) is 3.67. The Bertz CT molecular complexity index is 670. The molecule has 134 valence electrons. The molecule has 2 aromatic carbocycles. The maximum atomic E-state index is 12.2. The van der Waals surface area contributed by atoms with Crippen LogP contribution in [0.3, 0.4) is 0 Å². The highest BCUT2D eigenvalue weighted by molar-refractivity contribution is 5.81. The number of carbonyl (C=O) groups is 1. The molecule has 25 heavy (non-hydrogen) atoms. The number of nitrogens with one attached hydrogen (secondary N) is 1. The van der Waals surface area contributed by atoms with E-state index >= 15 is 0 Å². The summed E-state index contributed by atoms with van der Waals surface area (Å²) in [5.74, 6) is 1.99. The lowest BCUT2D eigenvalue weighted by molar-refractivity contribution is -0.128. The molecule has 1 N–H and O–H groups in total. The highest BCUT2D eigenvalue weighted by Crippen LogP contribution is 2.18. The van der Waals surface area contributed by atoms with Crippen molar-refractivity contribution in [3.8, 4) is 17.2 Å². The van der Waals surface area contributed by atoms with Gasteiger partial charge in [0.05, 0.1) is 13.7 Å². The van der Waals surface area contributed by atoms with E-state index in [-0.39, 0.29) is 5.91 Å². The van der Waals surface area contributed by atoms with Crippen LogP contribution >= 0.6 is 0 Å². The first-order valence-electron chi connectivity index (χ1n) is 8.40. The van der Waals surface area contributed by atoms with Gasteiger partial charge in [0.15, 0.2) is 6.10 Å². The fourth-order valence-electron chi connectivity index (χ4n) is 2.25. The van der Waals surface area contributed by atoms with Crippen molar-refractivity contribution in [1.82, 2.24) is 5.32 Å². The van der Waals surface area contributed by atoms with Gasteiger partial charge in [0.2, 0.25) is 0 Å². The molecule has 5 heteroatoms. The lowest BCUT2D eigenvalue weighted by atomic mass is 10.2. The highest BCUT2D eigenvalue weighted by Gasteiger charge is 2.17. The van der Waals surface area contributed by atoms with Crippen LogP contribution in [0.2, 0.25) is 0 Å². The van der Waals surface area contributed by atoms with Crippen LogP contribution < -0.4 is 19.5 Å². The Kier molecular flexibility index (Phi) is 7.14. The first-order chi connectivity index (χ1) is 12.1. The Morgan fingerprint density at radius 3 is 2.48 bits per heavy atom. The molecule has 0 fully saturated rings. The van der Waals surface area contributed by atoms with Gasteiger partial charge in [-0.2, -0.15) is 0 Å². The molecular weight excluding hydrogens is 318 g/mol. The molecule has 0 aliphatic heterocycles. The van der Waals surface area contributed by atoms with Gasteiger partial charge in [-0.3, -0.25) is 4.79 Å². The van der Waals surface area contributed by atoms with Crippen molar-refractivity contribution < 1.29 is 19.0 Å². The third-order valence-corrected chi connectivity index (χ3v) is 3.67. The summed E-state index contributed by atoms with van der Waals surface area (Å²) in [7, 11) is 1.61. The molecule has 2 aromatic rings. The molecule has 0 unspecified atom stereocenters. The third kappa shape index (κ3) is 6.03. The fraction of sp³-hybridized carbons (Fsp3) is 0.350. The van der Waals surface area contributed by atoms with Crippen molar-refractivity contribution in [2.75, 3.05) is 20.3 Å². The summed E-state index contributed by atoms with van der Waals surface area (Å²) < 4.78 is 16.5. The van der Waals surface area contributed by atoms with E-state index < -0.39 is 6.10 Å². The van der Waals surface area contributed by atoms with Gasteiger partial charge in [-0.15, -0.1) is 0 Å². The molecule has 0 heterocycles. The maximum absolute atomic E-state index is 12.2. The zero-order valence-corrected chi connectivity index (χ0v) is 15.0. The number of carbonyl (C=O) groups excluding carboxylic acids is 1. The van der Waals surface area contributed by atoms with Crippen LogP contribution in [0.5, 0.6) is 17.2 Å². The van der Waals surface area contributed by atoms with Gasteiger partial charge >= 0.3 is 0 Å². The second kappa shape index (κ2) is 9.57. The largest absolute Gasteiger partial charge is 0.497 e. The second-order valence-corrected chi connectivity index (χ2v) is 5.65. The first-order valence-corrected chi connectivity index (χ1v) is 8.40. The fourth-order valence-corrected chi connectivity index (χ4v) is 2.25. The van der Waals surface area contributed by atoms with Gasteiger partial charge in [0, 0.05) is 6.07 Å². The van der Waals surface area contributed by atoms with Crippen LogP contribution in [0.25, 0.3) is 0 Å². The van der Waals surface area contributed by atoms with Gasteiger partial charge in [0.25, 0.3) is 5.91 Å². The molecule has 0 bridgehead atoms. The smallest absolute Gasteiger partial charge is 0.261 e. The Balaban J connectivity index is 1.76. The SMILES string of the molecule is CC[C@@H](Oc1ccc(C)cc1)C(=O)NCCOc1cccc(OC)c1. The van der Waals surface area contributed by atoms with Crippen molar-refractivity contribution in [3.63, 3.8) is 0 Å². The van der Waals surface area contributed by atoms with Crippen molar-refractivity contribution in [1.29, 1.82) is 0 Å². The van der Waals surface area contributed by atoms with E-state index in [0.717, 1.165) is 11.3 Å². The molecule has 0 spiro atoms. The number of benzene rings is 2. The number of hydrogen-bond donors (Lipinski definition) is 1. The Hall–Kier alpha value is -2.69. The molecule has 2 rings (SSSR count). The molecule has 5 nitrogen and oxygen atoms in total. The van der Waals surface area contributed by atoms with Crippen LogP contribution in [0.15, 0.2) is 48.5 Å². The van der Waals surface area contributed by atoms with Crippen molar-refractivity contribution in [2.24, 2.45) is 0 Å². The molecule has 0 saturated heterocycles. The van der Waals surface area contributed by atoms with Gasteiger partial charge in [0.1, 0.15) is 23.9 Å². The van der Waals surface area contributed by atoms with Gasteiger partial charge in [-0.1, -0.05) is 30.7 Å². The summed E-state index contributed by atoms with van der Waals surface area (Å²) in [6, 6.07) is 15.0. The Morgan fingerprint density at radius 2 is 1.80 bits per heavy atom. The van der Waals surface area contributed by atoms with E-state index in [1.165, 1.54) is 0 Å². The van der Waals surface area contributed by atoms with Crippen LogP contribution in [-0.2, 0) is 4.79 Å². The highest BCUT2D eigenvalue weighted by atomic mass is 16.5. The lowest BCUT2D eigenvalue weighted by Gasteiger charge is -2.17. The average molecular weight is 343 g/mol. The summed E-state index contributed by atoms with van der Waals surface area (Å²) in [6.07, 6.45) is 0.0794. The number of ether oxygens (including phenoxy) is 3. The minimum absolute atomic E-state index is 0.141. The Labute approximate surface area is 148 Å². The zero-order valence-electron chi connectivity index (χ0n) is 15.0. The van der Waals surface area contributed by atoms with E-state index in [1.807, 2.05) is 56.3 Å². The van der Waals surface area contributed by atoms with Crippen LogP contribution in [0.4, 0.5) is 0 Å². The number of rotatable bonds is 9. The van der Waals surface area contributed by atoms with E-state index in [4.69, 9.17) is 14.2 Å². The normalized spacial score (nSPS) is 11.5. The summed E-state index contributed by atoms with van der Waals surface area (Å²) in [6.45, 7) is 4.71. The van der Waals surface area contributed by atoms with Crippen molar-refractivity contribution >= 4 is 5.91 Å². The molecule has 0 aromatic heterocycles. The van der Waals surface area contributed by atoms with E-state index in [9.17, 15) is 4.79 Å². The van der Waals surface area contributed by atoms with E-state index in [2.05, 4.69) is 5.32 Å². The quantitative estimate of drug-likeness (QED) is 0.710. The van der Waals surface area contributed by atoms with Crippen LogP contribution in [0.1, 0.15) is 18.9 Å². The summed E-state index contributed by atoms with van der Waals surface area (Å²) in [5, 5.41) is 2.84. The summed E-state index contributed by atoms with van der Waals surface area (Å²) in [4.78, 5) is 12.2. The van der Waals surface area contributed by atoms with Gasteiger partial charge in [-0.05, 0) is 37.6 Å². The number of hydrogen-bond acceptors (Lipinski definition) is 4. The molecule has 0 radical (unpaired) electrons. The summed E-state index contributed by atoms with van der Waals surface area (Å²) in [5.41, 5.74) is 1.15. The Morgan fingerprint density at radius 1 is 1.08 bits per heavy atom. The minimum atomic E-state index is -0.514. The molecule has 1 amide bonds. The van der Waals surface area contributed by atoms with E-state index in [0.29, 0.717) is 31.1 Å². The lowest BCUT2D eigenvalue weighted by Crippen LogP contribution is -2.39.